The van der Waals surface area contributed by atoms with Crippen molar-refractivity contribution in [2.24, 2.45) is 5.92 Å². The van der Waals surface area contributed by atoms with E-state index in [1.165, 1.54) is 5.56 Å². The fraction of sp³-hybridized carbons (Fsp3) is 0.391. The molecule has 5 nitrogen and oxygen atoms in total. The number of ether oxygens (including phenoxy) is 1. The van der Waals surface area contributed by atoms with Crippen molar-refractivity contribution in [2.75, 3.05) is 11.4 Å². The smallest absolute Gasteiger partial charge is 0.239 e. The fourth-order valence-electron chi connectivity index (χ4n) is 3.36. The van der Waals surface area contributed by atoms with Crippen LogP contribution in [0.1, 0.15) is 38.3 Å². The summed E-state index contributed by atoms with van der Waals surface area (Å²) in [6.45, 7) is 7.03. The largest absolute Gasteiger partial charge is 0.491 e. The molecule has 0 spiro atoms. The average Bonchev–Trinajstić information content (AvgIpc) is 3.08. The van der Waals surface area contributed by atoms with E-state index in [9.17, 15) is 9.59 Å². The summed E-state index contributed by atoms with van der Waals surface area (Å²) < 4.78 is 5.62. The highest BCUT2D eigenvalue weighted by Gasteiger charge is 2.37. The molecule has 0 saturated carbocycles. The predicted octanol–water partition coefficient (Wildman–Crippen LogP) is 3.71. The number of carbonyl (C=O) groups is 2. The van der Waals surface area contributed by atoms with Gasteiger partial charge in [-0.2, -0.15) is 0 Å². The van der Waals surface area contributed by atoms with Crippen LogP contribution >= 0.6 is 0 Å². The summed E-state index contributed by atoms with van der Waals surface area (Å²) in [5.41, 5.74) is 3.06. The van der Waals surface area contributed by atoms with Gasteiger partial charge >= 0.3 is 0 Å². The molecule has 3 rings (SSSR count). The monoisotopic (exact) mass is 380 g/mol. The van der Waals surface area contributed by atoms with Crippen LogP contribution < -0.4 is 15.0 Å². The second-order valence-corrected chi connectivity index (χ2v) is 7.38. The summed E-state index contributed by atoms with van der Waals surface area (Å²) in [5.74, 6) is -0.141. The maximum atomic E-state index is 12.7. The summed E-state index contributed by atoms with van der Waals surface area (Å²) in [6, 6.07) is 15.6. The van der Waals surface area contributed by atoms with Crippen molar-refractivity contribution in [3.63, 3.8) is 0 Å². The number of rotatable bonds is 7. The van der Waals surface area contributed by atoms with Crippen molar-refractivity contribution in [1.29, 1.82) is 0 Å². The van der Waals surface area contributed by atoms with E-state index in [1.807, 2.05) is 62.4 Å². The Hall–Kier alpha value is -2.82. The van der Waals surface area contributed by atoms with Crippen molar-refractivity contribution in [3.8, 4) is 5.75 Å². The molecule has 0 radical (unpaired) electrons. The molecule has 1 aliphatic heterocycles. The van der Waals surface area contributed by atoms with Crippen LogP contribution in [-0.2, 0) is 22.6 Å². The molecule has 1 saturated heterocycles. The molecule has 0 aromatic heterocycles. The highest BCUT2D eigenvalue weighted by Crippen LogP contribution is 2.26. The lowest BCUT2D eigenvalue weighted by molar-refractivity contribution is -0.132. The molecule has 1 atom stereocenters. The molecule has 1 aliphatic rings. The van der Waals surface area contributed by atoms with Crippen LogP contribution in [0.2, 0.25) is 0 Å². The second kappa shape index (κ2) is 8.91. The molecule has 1 N–H and O–H groups in total. The van der Waals surface area contributed by atoms with Gasteiger partial charge in [0.1, 0.15) is 11.7 Å². The summed E-state index contributed by atoms with van der Waals surface area (Å²) in [7, 11) is 0. The first kappa shape index (κ1) is 19.9. The number of anilines is 1. The second-order valence-electron chi connectivity index (χ2n) is 7.38. The Balaban J connectivity index is 1.55. The molecule has 1 fully saturated rings. The van der Waals surface area contributed by atoms with Gasteiger partial charge in [0, 0.05) is 18.8 Å². The van der Waals surface area contributed by atoms with Crippen LogP contribution in [0, 0.1) is 5.92 Å². The van der Waals surface area contributed by atoms with E-state index in [0.717, 1.165) is 23.4 Å². The van der Waals surface area contributed by atoms with Gasteiger partial charge in [-0.15, -0.1) is 0 Å². The Morgan fingerprint density at radius 2 is 1.75 bits per heavy atom. The minimum Gasteiger partial charge on any atom is -0.491 e. The number of hydrogen-bond acceptors (Lipinski definition) is 3. The third-order valence-electron chi connectivity index (χ3n) is 4.94. The number of amides is 2. The maximum absolute atomic E-state index is 12.7. The minimum atomic E-state index is -0.616. The van der Waals surface area contributed by atoms with Gasteiger partial charge in [-0.05, 0) is 62.1 Å². The summed E-state index contributed by atoms with van der Waals surface area (Å²) in [4.78, 5) is 27.0. The summed E-state index contributed by atoms with van der Waals surface area (Å²) in [6.07, 6.45) is 1.63. The molecule has 148 valence electrons. The number of carbonyl (C=O) groups excluding carboxylic acids is 2. The predicted molar refractivity (Wildman–Crippen MR) is 110 cm³/mol. The van der Waals surface area contributed by atoms with Crippen LogP contribution in [0.3, 0.4) is 0 Å². The van der Waals surface area contributed by atoms with Crippen molar-refractivity contribution in [3.05, 3.63) is 59.7 Å². The van der Waals surface area contributed by atoms with Gasteiger partial charge in [-0.1, -0.05) is 31.2 Å². The molecule has 0 bridgehead atoms. The van der Waals surface area contributed by atoms with E-state index >= 15 is 0 Å². The number of nitrogens with zero attached hydrogens (tertiary/aromatic N) is 1. The standard InChI is InChI=1S/C23H28N2O3/c1-4-17-5-9-19(10-6-17)25-14-13-21(23(25)27)22(26)24-15-18-7-11-20(12-8-18)28-16(2)3/h5-12,16,21H,4,13-15H2,1-3H3,(H,24,26)/t21-/m0/s1. The first-order chi connectivity index (χ1) is 13.5. The van der Waals surface area contributed by atoms with Crippen LogP contribution in [-0.4, -0.2) is 24.5 Å². The number of hydrogen-bond donors (Lipinski definition) is 1. The zero-order chi connectivity index (χ0) is 20.1. The summed E-state index contributed by atoms with van der Waals surface area (Å²) in [5, 5.41) is 2.89. The van der Waals surface area contributed by atoms with Gasteiger partial charge in [0.15, 0.2) is 0 Å². The normalized spacial score (nSPS) is 16.5. The topological polar surface area (TPSA) is 58.6 Å². The van der Waals surface area contributed by atoms with E-state index in [-0.39, 0.29) is 17.9 Å². The minimum absolute atomic E-state index is 0.123. The molecule has 5 heteroatoms. The third kappa shape index (κ3) is 4.71. The lowest BCUT2D eigenvalue weighted by Gasteiger charge is -2.17. The van der Waals surface area contributed by atoms with Crippen LogP contribution in [0.4, 0.5) is 5.69 Å². The molecule has 2 aromatic rings. The van der Waals surface area contributed by atoms with E-state index in [0.29, 0.717) is 19.5 Å². The molecule has 2 aromatic carbocycles. The highest BCUT2D eigenvalue weighted by molar-refractivity contribution is 6.09. The van der Waals surface area contributed by atoms with Gasteiger partial charge in [0.2, 0.25) is 11.8 Å². The molecule has 1 heterocycles. The fourth-order valence-corrected chi connectivity index (χ4v) is 3.36. The van der Waals surface area contributed by atoms with Crippen molar-refractivity contribution in [2.45, 2.75) is 46.3 Å². The van der Waals surface area contributed by atoms with Crippen molar-refractivity contribution < 1.29 is 14.3 Å². The van der Waals surface area contributed by atoms with Gasteiger partial charge < -0.3 is 15.0 Å². The third-order valence-corrected chi connectivity index (χ3v) is 4.94. The number of aryl methyl sites for hydroxylation is 1. The Morgan fingerprint density at radius 3 is 2.36 bits per heavy atom. The quantitative estimate of drug-likeness (QED) is 0.745. The summed E-state index contributed by atoms with van der Waals surface area (Å²) >= 11 is 0. The zero-order valence-corrected chi connectivity index (χ0v) is 16.8. The van der Waals surface area contributed by atoms with E-state index in [4.69, 9.17) is 4.74 Å². The van der Waals surface area contributed by atoms with Crippen molar-refractivity contribution in [1.82, 2.24) is 5.32 Å². The van der Waals surface area contributed by atoms with E-state index < -0.39 is 5.92 Å². The number of nitrogens with one attached hydrogen (secondary N) is 1. The first-order valence-corrected chi connectivity index (χ1v) is 9.91. The molecule has 28 heavy (non-hydrogen) atoms. The van der Waals surface area contributed by atoms with Crippen LogP contribution in [0.5, 0.6) is 5.75 Å². The Kier molecular flexibility index (Phi) is 6.34. The molecule has 2 amide bonds. The van der Waals surface area contributed by atoms with Crippen LogP contribution in [0.15, 0.2) is 48.5 Å². The van der Waals surface area contributed by atoms with E-state index in [1.54, 1.807) is 4.90 Å². The maximum Gasteiger partial charge on any atom is 0.239 e. The zero-order valence-electron chi connectivity index (χ0n) is 16.8. The van der Waals surface area contributed by atoms with Gasteiger partial charge in [0.05, 0.1) is 6.10 Å². The van der Waals surface area contributed by atoms with E-state index in [2.05, 4.69) is 12.2 Å². The Labute approximate surface area is 166 Å². The van der Waals surface area contributed by atoms with Crippen molar-refractivity contribution >= 4 is 17.5 Å². The van der Waals surface area contributed by atoms with Crippen LogP contribution in [0.25, 0.3) is 0 Å². The molecule has 0 unspecified atom stereocenters. The SMILES string of the molecule is CCc1ccc(N2CC[C@@H](C(=O)NCc3ccc(OC(C)C)cc3)C2=O)cc1. The Bertz CT molecular complexity index is 813. The number of benzene rings is 2. The molecular weight excluding hydrogens is 352 g/mol. The van der Waals surface area contributed by atoms with Gasteiger partial charge in [-0.25, -0.2) is 0 Å². The molecule has 0 aliphatic carbocycles. The lowest BCUT2D eigenvalue weighted by Crippen LogP contribution is -2.36. The molecular formula is C23H28N2O3. The highest BCUT2D eigenvalue weighted by atomic mass is 16.5. The lowest BCUT2D eigenvalue weighted by atomic mass is 10.1. The average molecular weight is 380 g/mol. The first-order valence-electron chi connectivity index (χ1n) is 9.91. The Morgan fingerprint density at radius 1 is 1.11 bits per heavy atom. The van der Waals surface area contributed by atoms with Gasteiger partial charge in [0.25, 0.3) is 0 Å². The van der Waals surface area contributed by atoms with Gasteiger partial charge in [-0.3, -0.25) is 9.59 Å².